The van der Waals surface area contributed by atoms with E-state index >= 15 is 0 Å². The molecule has 2 aromatic carbocycles. The summed E-state index contributed by atoms with van der Waals surface area (Å²) in [6.45, 7) is 1.90. The number of hydrogen-bond donors (Lipinski definition) is 1. The van der Waals surface area contributed by atoms with Crippen molar-refractivity contribution in [3.63, 3.8) is 0 Å². The fourth-order valence-corrected chi connectivity index (χ4v) is 2.10. The van der Waals surface area contributed by atoms with E-state index in [1.165, 1.54) is 0 Å². The van der Waals surface area contributed by atoms with Gasteiger partial charge in [-0.25, -0.2) is 9.78 Å². The molecule has 3 aromatic rings. The van der Waals surface area contributed by atoms with Crippen molar-refractivity contribution >= 4 is 16.9 Å². The van der Waals surface area contributed by atoms with Gasteiger partial charge in [0.05, 0.1) is 5.52 Å². The first kappa shape index (κ1) is 13.1. The third-order valence-electron chi connectivity index (χ3n) is 3.22. The molecule has 1 heterocycles. The summed E-state index contributed by atoms with van der Waals surface area (Å²) in [7, 11) is 0. The zero-order chi connectivity index (χ0) is 14.8. The molecule has 0 atom stereocenters. The van der Waals surface area contributed by atoms with Crippen molar-refractivity contribution in [2.45, 2.75) is 6.92 Å². The zero-order valence-electron chi connectivity index (χ0n) is 11.4. The Morgan fingerprint density at radius 1 is 1.10 bits per heavy atom. The van der Waals surface area contributed by atoms with Crippen LogP contribution in [0.25, 0.3) is 10.9 Å². The highest BCUT2D eigenvalue weighted by Crippen LogP contribution is 2.28. The van der Waals surface area contributed by atoms with Crippen LogP contribution < -0.4 is 4.74 Å². The lowest BCUT2D eigenvalue weighted by Crippen LogP contribution is -2.03. The van der Waals surface area contributed by atoms with Gasteiger partial charge in [0.2, 0.25) is 5.88 Å². The van der Waals surface area contributed by atoms with E-state index in [1.54, 1.807) is 12.1 Å². The molecule has 0 fully saturated rings. The van der Waals surface area contributed by atoms with Crippen LogP contribution in [0.3, 0.4) is 0 Å². The van der Waals surface area contributed by atoms with E-state index in [1.807, 2.05) is 49.4 Å². The number of hydrogen-bond acceptors (Lipinski definition) is 3. The number of aromatic nitrogens is 1. The smallest absolute Gasteiger partial charge is 0.341 e. The molecule has 0 saturated heterocycles. The van der Waals surface area contributed by atoms with E-state index < -0.39 is 5.97 Å². The van der Waals surface area contributed by atoms with Gasteiger partial charge in [0.25, 0.3) is 0 Å². The molecule has 0 aliphatic rings. The van der Waals surface area contributed by atoms with Gasteiger partial charge in [-0.05, 0) is 30.7 Å². The zero-order valence-corrected chi connectivity index (χ0v) is 11.4. The van der Waals surface area contributed by atoms with Crippen molar-refractivity contribution in [2.24, 2.45) is 0 Å². The van der Waals surface area contributed by atoms with E-state index in [0.717, 1.165) is 10.9 Å². The molecule has 0 aliphatic carbocycles. The molecule has 4 nitrogen and oxygen atoms in total. The van der Waals surface area contributed by atoms with Crippen LogP contribution in [0.5, 0.6) is 11.6 Å². The third-order valence-corrected chi connectivity index (χ3v) is 3.22. The average Bonchev–Trinajstić information content (AvgIpc) is 2.48. The van der Waals surface area contributed by atoms with Gasteiger partial charge in [-0.1, -0.05) is 36.4 Å². The van der Waals surface area contributed by atoms with Crippen LogP contribution in [0.1, 0.15) is 15.9 Å². The number of carboxylic acid groups (broad SMARTS) is 1. The van der Waals surface area contributed by atoms with Crippen molar-refractivity contribution in [1.82, 2.24) is 4.98 Å². The second-order valence-electron chi connectivity index (χ2n) is 4.71. The Labute approximate surface area is 121 Å². The van der Waals surface area contributed by atoms with Gasteiger partial charge in [-0.15, -0.1) is 0 Å². The van der Waals surface area contributed by atoms with Gasteiger partial charge >= 0.3 is 5.97 Å². The molecule has 1 N–H and O–H groups in total. The number of nitrogens with zero attached hydrogens (tertiary/aromatic N) is 1. The van der Waals surface area contributed by atoms with Gasteiger partial charge in [0.1, 0.15) is 11.3 Å². The van der Waals surface area contributed by atoms with Crippen LogP contribution in [-0.2, 0) is 0 Å². The number of carboxylic acids is 1. The lowest BCUT2D eigenvalue weighted by molar-refractivity contribution is 0.0693. The predicted molar refractivity (Wildman–Crippen MR) is 80.0 cm³/mol. The molecule has 0 amide bonds. The maximum absolute atomic E-state index is 11.4. The highest BCUT2D eigenvalue weighted by atomic mass is 16.5. The van der Waals surface area contributed by atoms with E-state index in [2.05, 4.69) is 4.98 Å². The van der Waals surface area contributed by atoms with Crippen LogP contribution in [-0.4, -0.2) is 16.1 Å². The normalized spacial score (nSPS) is 10.5. The summed E-state index contributed by atoms with van der Waals surface area (Å²) in [4.78, 5) is 15.8. The number of ether oxygens (including phenoxy) is 1. The first-order valence-electron chi connectivity index (χ1n) is 6.52. The minimum Gasteiger partial charge on any atom is -0.477 e. The quantitative estimate of drug-likeness (QED) is 0.786. The molecule has 0 saturated carbocycles. The van der Waals surface area contributed by atoms with Crippen LogP contribution in [0.15, 0.2) is 54.6 Å². The Morgan fingerprint density at radius 2 is 1.81 bits per heavy atom. The largest absolute Gasteiger partial charge is 0.477 e. The van der Waals surface area contributed by atoms with Crippen molar-refractivity contribution in [2.75, 3.05) is 0 Å². The first-order chi connectivity index (χ1) is 10.1. The first-order valence-corrected chi connectivity index (χ1v) is 6.52. The molecule has 0 aliphatic heterocycles. The number of aryl methyl sites for hydroxylation is 1. The number of para-hydroxylation sites is 2. The number of pyridine rings is 1. The van der Waals surface area contributed by atoms with Gasteiger partial charge < -0.3 is 9.84 Å². The predicted octanol–water partition coefficient (Wildman–Crippen LogP) is 4.03. The maximum atomic E-state index is 11.4. The molecular formula is C17H13NO3. The molecule has 3 rings (SSSR count). The fraction of sp³-hybridized carbons (Fsp3) is 0.0588. The standard InChI is InChI=1S/C17H13NO3/c1-11-6-2-5-9-15(11)21-16-13(17(19)20)10-12-7-3-4-8-14(12)18-16/h2-10H,1H3,(H,19,20). The molecule has 21 heavy (non-hydrogen) atoms. The summed E-state index contributed by atoms with van der Waals surface area (Å²) in [5.74, 6) is -0.352. The second kappa shape index (κ2) is 5.25. The molecule has 0 spiro atoms. The highest BCUT2D eigenvalue weighted by molar-refractivity contribution is 5.95. The number of rotatable bonds is 3. The SMILES string of the molecule is Cc1ccccc1Oc1nc2ccccc2cc1C(=O)O. The maximum Gasteiger partial charge on any atom is 0.341 e. The molecule has 0 bridgehead atoms. The minimum atomic E-state index is -1.06. The van der Waals surface area contributed by atoms with E-state index in [4.69, 9.17) is 4.74 Å². The third kappa shape index (κ3) is 2.56. The lowest BCUT2D eigenvalue weighted by Gasteiger charge is -2.11. The monoisotopic (exact) mass is 279 g/mol. The summed E-state index contributed by atoms with van der Waals surface area (Å²) in [6.07, 6.45) is 0. The number of aromatic carboxylic acids is 1. The van der Waals surface area contributed by atoms with Gasteiger partial charge in [0, 0.05) is 5.39 Å². The Hall–Kier alpha value is -2.88. The molecular weight excluding hydrogens is 266 g/mol. The molecule has 4 heteroatoms. The van der Waals surface area contributed by atoms with Crippen LogP contribution in [0, 0.1) is 6.92 Å². The van der Waals surface area contributed by atoms with Gasteiger partial charge in [-0.3, -0.25) is 0 Å². The van der Waals surface area contributed by atoms with Crippen LogP contribution >= 0.6 is 0 Å². The summed E-state index contributed by atoms with van der Waals surface area (Å²) in [6, 6.07) is 16.4. The molecule has 1 aromatic heterocycles. The summed E-state index contributed by atoms with van der Waals surface area (Å²) in [5, 5.41) is 10.1. The Morgan fingerprint density at radius 3 is 2.57 bits per heavy atom. The second-order valence-corrected chi connectivity index (χ2v) is 4.71. The Kier molecular flexibility index (Phi) is 3.28. The van der Waals surface area contributed by atoms with Gasteiger partial charge in [-0.2, -0.15) is 0 Å². The van der Waals surface area contributed by atoms with Gasteiger partial charge in [0.15, 0.2) is 0 Å². The van der Waals surface area contributed by atoms with Crippen molar-refractivity contribution in [3.8, 4) is 11.6 Å². The molecule has 0 unspecified atom stereocenters. The Balaban J connectivity index is 2.14. The van der Waals surface area contributed by atoms with Crippen molar-refractivity contribution < 1.29 is 14.6 Å². The topological polar surface area (TPSA) is 59.4 Å². The lowest BCUT2D eigenvalue weighted by atomic mass is 10.1. The fourth-order valence-electron chi connectivity index (χ4n) is 2.10. The van der Waals surface area contributed by atoms with E-state index in [-0.39, 0.29) is 11.4 Å². The van der Waals surface area contributed by atoms with E-state index in [0.29, 0.717) is 11.3 Å². The number of carbonyl (C=O) groups is 1. The molecule has 104 valence electrons. The Bertz CT molecular complexity index is 827. The van der Waals surface area contributed by atoms with Crippen molar-refractivity contribution in [1.29, 1.82) is 0 Å². The number of benzene rings is 2. The van der Waals surface area contributed by atoms with Crippen molar-refractivity contribution in [3.05, 3.63) is 65.7 Å². The number of fused-ring (bicyclic) bond motifs is 1. The minimum absolute atomic E-state index is 0.0527. The van der Waals surface area contributed by atoms with E-state index in [9.17, 15) is 9.90 Å². The average molecular weight is 279 g/mol. The summed E-state index contributed by atoms with van der Waals surface area (Å²) >= 11 is 0. The molecule has 0 radical (unpaired) electrons. The summed E-state index contributed by atoms with van der Waals surface area (Å²) in [5.41, 5.74) is 1.67. The summed E-state index contributed by atoms with van der Waals surface area (Å²) < 4.78 is 5.72. The van der Waals surface area contributed by atoms with Crippen LogP contribution in [0.4, 0.5) is 0 Å². The van der Waals surface area contributed by atoms with Crippen LogP contribution in [0.2, 0.25) is 0 Å². The highest BCUT2D eigenvalue weighted by Gasteiger charge is 2.16.